The first-order chi connectivity index (χ1) is 11.0. The normalized spacial score (nSPS) is 11.1. The predicted molar refractivity (Wildman–Crippen MR) is 91.2 cm³/mol. The van der Waals surface area contributed by atoms with Gasteiger partial charge >= 0.3 is 0 Å². The number of aromatic nitrogens is 5. The van der Waals surface area contributed by atoms with Crippen LogP contribution in [0.2, 0.25) is 0 Å². The van der Waals surface area contributed by atoms with E-state index in [-0.39, 0.29) is 12.3 Å². The molecular formula is C14H16N6OS2. The molecule has 0 bridgehead atoms. The number of fused-ring (bicyclic) bond motifs is 1. The predicted octanol–water partition coefficient (Wildman–Crippen LogP) is 2.41. The molecule has 120 valence electrons. The van der Waals surface area contributed by atoms with Crippen LogP contribution in [0.5, 0.6) is 0 Å². The summed E-state index contributed by atoms with van der Waals surface area (Å²) in [5.74, 6) is 0.445. The van der Waals surface area contributed by atoms with Gasteiger partial charge in [-0.15, -0.1) is 16.4 Å². The van der Waals surface area contributed by atoms with Crippen LogP contribution in [0.15, 0.2) is 11.4 Å². The molecular weight excluding hydrogens is 332 g/mol. The van der Waals surface area contributed by atoms with Gasteiger partial charge in [-0.3, -0.25) is 4.79 Å². The van der Waals surface area contributed by atoms with Crippen molar-refractivity contribution >= 4 is 39.9 Å². The average Bonchev–Trinajstić information content (AvgIpc) is 3.09. The Kier molecular flexibility index (Phi) is 4.31. The summed E-state index contributed by atoms with van der Waals surface area (Å²) in [7, 11) is 0. The van der Waals surface area contributed by atoms with E-state index in [1.54, 1.807) is 10.7 Å². The zero-order valence-corrected chi connectivity index (χ0v) is 14.9. The van der Waals surface area contributed by atoms with E-state index in [9.17, 15) is 4.79 Å². The Morgan fingerprint density at radius 3 is 2.78 bits per heavy atom. The molecule has 9 heteroatoms. The van der Waals surface area contributed by atoms with Gasteiger partial charge in [0.1, 0.15) is 0 Å². The fourth-order valence-corrected chi connectivity index (χ4v) is 3.29. The van der Waals surface area contributed by atoms with Crippen molar-refractivity contribution in [2.45, 2.75) is 32.3 Å². The average molecular weight is 348 g/mol. The number of nitrogens with zero attached hydrogens (tertiary/aromatic N) is 5. The van der Waals surface area contributed by atoms with E-state index in [1.165, 1.54) is 23.1 Å². The Balaban J connectivity index is 1.88. The molecule has 1 amide bonds. The van der Waals surface area contributed by atoms with Gasteiger partial charge in [-0.1, -0.05) is 11.8 Å². The van der Waals surface area contributed by atoms with Crippen molar-refractivity contribution in [1.29, 1.82) is 0 Å². The Hall–Kier alpha value is -2.00. The molecule has 3 aromatic heterocycles. The van der Waals surface area contributed by atoms with Gasteiger partial charge in [0.05, 0.1) is 6.42 Å². The van der Waals surface area contributed by atoms with Gasteiger partial charge < -0.3 is 5.32 Å². The molecule has 0 aromatic carbocycles. The topological polar surface area (TPSA) is 85.1 Å². The van der Waals surface area contributed by atoms with E-state index in [0.717, 1.165) is 21.8 Å². The summed E-state index contributed by atoms with van der Waals surface area (Å²) in [6.45, 7) is 5.76. The number of hydrogen-bond donors (Lipinski definition) is 1. The number of nitrogens with one attached hydrogen (secondary N) is 1. The van der Waals surface area contributed by atoms with Gasteiger partial charge in [0, 0.05) is 28.0 Å². The molecule has 0 aliphatic carbocycles. The highest BCUT2D eigenvalue weighted by molar-refractivity contribution is 7.98. The van der Waals surface area contributed by atoms with E-state index in [4.69, 9.17) is 0 Å². The number of carbonyl (C=O) groups excluding carboxylic acids is 1. The van der Waals surface area contributed by atoms with E-state index in [2.05, 4.69) is 25.4 Å². The summed E-state index contributed by atoms with van der Waals surface area (Å²) in [4.78, 5) is 26.3. The van der Waals surface area contributed by atoms with Crippen LogP contribution in [-0.2, 0) is 11.2 Å². The SMILES string of the molecule is CSc1nc2nc(C)c(CC(=O)Nc3ncc(C)s3)c(C)n2n1. The zero-order valence-electron chi connectivity index (χ0n) is 13.2. The Morgan fingerprint density at radius 1 is 1.35 bits per heavy atom. The largest absolute Gasteiger partial charge is 0.302 e. The lowest BCUT2D eigenvalue weighted by Crippen LogP contribution is -2.17. The van der Waals surface area contributed by atoms with Gasteiger partial charge in [-0.25, -0.2) is 14.5 Å². The van der Waals surface area contributed by atoms with Crippen molar-refractivity contribution in [3.63, 3.8) is 0 Å². The van der Waals surface area contributed by atoms with Crippen molar-refractivity contribution in [2.75, 3.05) is 11.6 Å². The van der Waals surface area contributed by atoms with Crippen molar-refractivity contribution in [3.05, 3.63) is 28.0 Å². The minimum atomic E-state index is -0.114. The summed E-state index contributed by atoms with van der Waals surface area (Å²) in [5.41, 5.74) is 2.53. The fourth-order valence-electron chi connectivity index (χ4n) is 2.27. The molecule has 0 radical (unpaired) electrons. The molecule has 0 saturated heterocycles. The van der Waals surface area contributed by atoms with Crippen molar-refractivity contribution < 1.29 is 4.79 Å². The van der Waals surface area contributed by atoms with Crippen LogP contribution >= 0.6 is 23.1 Å². The smallest absolute Gasteiger partial charge is 0.253 e. The summed E-state index contributed by atoms with van der Waals surface area (Å²) >= 11 is 2.92. The highest BCUT2D eigenvalue weighted by Crippen LogP contribution is 2.19. The van der Waals surface area contributed by atoms with Gasteiger partial charge in [-0.2, -0.15) is 4.98 Å². The highest BCUT2D eigenvalue weighted by Gasteiger charge is 2.16. The second kappa shape index (κ2) is 6.25. The third-order valence-corrected chi connectivity index (χ3v) is 4.78. The maximum Gasteiger partial charge on any atom is 0.253 e. The van der Waals surface area contributed by atoms with Crippen LogP contribution in [0.3, 0.4) is 0 Å². The maximum atomic E-state index is 12.3. The molecule has 1 N–H and O–H groups in total. The summed E-state index contributed by atoms with van der Waals surface area (Å²) in [5, 5.41) is 8.49. The molecule has 3 rings (SSSR count). The van der Waals surface area contributed by atoms with Crippen LogP contribution in [0.25, 0.3) is 5.78 Å². The third-order valence-electron chi connectivity index (χ3n) is 3.42. The number of carbonyl (C=O) groups is 1. The number of aryl methyl sites for hydroxylation is 3. The molecule has 0 atom stereocenters. The van der Waals surface area contributed by atoms with Crippen molar-refractivity contribution in [3.8, 4) is 0 Å². The Labute approximate surface area is 141 Å². The van der Waals surface area contributed by atoms with E-state index >= 15 is 0 Å². The van der Waals surface area contributed by atoms with E-state index in [0.29, 0.717) is 16.1 Å². The van der Waals surface area contributed by atoms with Crippen molar-refractivity contribution in [2.24, 2.45) is 0 Å². The molecule has 3 heterocycles. The van der Waals surface area contributed by atoms with Crippen LogP contribution in [0.4, 0.5) is 5.13 Å². The lowest BCUT2D eigenvalue weighted by atomic mass is 10.1. The van der Waals surface area contributed by atoms with Gasteiger partial charge in [0.2, 0.25) is 11.1 Å². The highest BCUT2D eigenvalue weighted by atomic mass is 32.2. The third kappa shape index (κ3) is 3.20. The van der Waals surface area contributed by atoms with E-state index in [1.807, 2.05) is 27.0 Å². The number of thioether (sulfide) groups is 1. The maximum absolute atomic E-state index is 12.3. The van der Waals surface area contributed by atoms with Gasteiger partial charge in [-0.05, 0) is 27.0 Å². The molecule has 23 heavy (non-hydrogen) atoms. The second-order valence-electron chi connectivity index (χ2n) is 5.07. The lowest BCUT2D eigenvalue weighted by molar-refractivity contribution is -0.115. The Morgan fingerprint density at radius 2 is 2.13 bits per heavy atom. The monoisotopic (exact) mass is 348 g/mol. The minimum Gasteiger partial charge on any atom is -0.302 e. The minimum absolute atomic E-state index is 0.114. The van der Waals surface area contributed by atoms with Gasteiger partial charge in [0.15, 0.2) is 5.13 Å². The number of anilines is 1. The first-order valence-electron chi connectivity index (χ1n) is 6.97. The summed E-state index contributed by atoms with van der Waals surface area (Å²) in [6.07, 6.45) is 3.89. The number of thiazole rings is 1. The molecule has 0 aliphatic heterocycles. The summed E-state index contributed by atoms with van der Waals surface area (Å²) < 4.78 is 1.69. The quantitative estimate of drug-likeness (QED) is 0.729. The van der Waals surface area contributed by atoms with Crippen LogP contribution in [0, 0.1) is 20.8 Å². The van der Waals surface area contributed by atoms with E-state index < -0.39 is 0 Å². The molecule has 7 nitrogen and oxygen atoms in total. The number of hydrogen-bond acceptors (Lipinski definition) is 7. The molecule has 0 aliphatic rings. The summed E-state index contributed by atoms with van der Waals surface area (Å²) in [6, 6.07) is 0. The molecule has 3 aromatic rings. The van der Waals surface area contributed by atoms with Crippen LogP contribution in [0.1, 0.15) is 21.8 Å². The molecule has 0 saturated carbocycles. The van der Waals surface area contributed by atoms with Crippen molar-refractivity contribution in [1.82, 2.24) is 24.6 Å². The van der Waals surface area contributed by atoms with Crippen LogP contribution in [-0.4, -0.2) is 36.7 Å². The number of amides is 1. The lowest BCUT2D eigenvalue weighted by Gasteiger charge is -2.09. The standard InChI is InChI=1S/C14H16N6OS2/c1-7-6-15-13(23-7)17-11(21)5-10-8(2)16-12-18-14(22-4)19-20(12)9(10)3/h6H,5H2,1-4H3,(H,15,17,21). The van der Waals surface area contributed by atoms with Crippen LogP contribution < -0.4 is 5.32 Å². The van der Waals surface area contributed by atoms with Gasteiger partial charge in [0.25, 0.3) is 5.78 Å². The zero-order chi connectivity index (χ0) is 16.6. The first-order valence-corrected chi connectivity index (χ1v) is 9.01. The molecule has 0 spiro atoms. The fraction of sp³-hybridized carbons (Fsp3) is 0.357. The first kappa shape index (κ1) is 15.9. The molecule has 0 fully saturated rings. The second-order valence-corrected chi connectivity index (χ2v) is 7.08. The Bertz CT molecular complexity index is 885. The number of rotatable bonds is 4. The molecule has 0 unspecified atom stereocenters.